The zero-order valence-electron chi connectivity index (χ0n) is 15.5. The lowest BCUT2D eigenvalue weighted by Crippen LogP contribution is -2.33. The number of pyridine rings is 1. The van der Waals surface area contributed by atoms with E-state index in [9.17, 15) is 13.6 Å². The molecule has 2 amide bonds. The first-order valence-corrected chi connectivity index (χ1v) is 8.77. The van der Waals surface area contributed by atoms with Gasteiger partial charge in [0.25, 0.3) is 0 Å². The van der Waals surface area contributed by atoms with E-state index in [0.29, 0.717) is 29.8 Å². The summed E-state index contributed by atoms with van der Waals surface area (Å²) in [6.07, 6.45) is 1.67. The molecule has 0 bridgehead atoms. The minimum Gasteiger partial charge on any atom is -0.368 e. The third kappa shape index (κ3) is 6.09. The number of carbonyl (C=O) groups excluding carboxylic acids is 1. The summed E-state index contributed by atoms with van der Waals surface area (Å²) in [5.74, 6) is 0.988. The van der Waals surface area contributed by atoms with Gasteiger partial charge in [0.2, 0.25) is 0 Å². The highest BCUT2D eigenvalue weighted by atomic mass is 19.1. The molecule has 2 aromatic heterocycles. The molecular weight excluding hydrogens is 380 g/mol. The van der Waals surface area contributed by atoms with Crippen molar-refractivity contribution in [3.63, 3.8) is 0 Å². The maximum absolute atomic E-state index is 13.5. The van der Waals surface area contributed by atoms with Gasteiger partial charge in [0.15, 0.2) is 0 Å². The zero-order chi connectivity index (χ0) is 20.6. The Morgan fingerprint density at radius 2 is 1.83 bits per heavy atom. The summed E-state index contributed by atoms with van der Waals surface area (Å²) in [4.78, 5) is 24.6. The third-order valence-corrected chi connectivity index (χ3v) is 3.65. The second-order valence-corrected chi connectivity index (χ2v) is 5.96. The Kier molecular flexibility index (Phi) is 6.46. The molecule has 0 atom stereocenters. The lowest BCUT2D eigenvalue weighted by molar-refractivity contribution is 0.252. The van der Waals surface area contributed by atoms with Gasteiger partial charge in [-0.15, -0.1) is 0 Å². The monoisotopic (exact) mass is 399 g/mol. The summed E-state index contributed by atoms with van der Waals surface area (Å²) >= 11 is 0. The van der Waals surface area contributed by atoms with Crippen molar-refractivity contribution in [3.05, 3.63) is 66.1 Å². The van der Waals surface area contributed by atoms with Crippen LogP contribution in [-0.2, 0) is 0 Å². The van der Waals surface area contributed by atoms with E-state index in [0.717, 1.165) is 18.2 Å². The van der Waals surface area contributed by atoms with Crippen LogP contribution in [0.3, 0.4) is 0 Å². The topological polar surface area (TPSA) is 104 Å². The first-order chi connectivity index (χ1) is 14.0. The molecule has 4 N–H and O–H groups in total. The van der Waals surface area contributed by atoms with Gasteiger partial charge >= 0.3 is 6.03 Å². The summed E-state index contributed by atoms with van der Waals surface area (Å²) < 4.78 is 26.7. The van der Waals surface area contributed by atoms with Crippen molar-refractivity contribution in [1.29, 1.82) is 0 Å². The Morgan fingerprint density at radius 3 is 2.62 bits per heavy atom. The molecule has 0 saturated carbocycles. The molecule has 0 saturated heterocycles. The first-order valence-electron chi connectivity index (χ1n) is 8.77. The van der Waals surface area contributed by atoms with Gasteiger partial charge in [-0.2, -0.15) is 0 Å². The van der Waals surface area contributed by atoms with Crippen LogP contribution in [0.2, 0.25) is 0 Å². The Morgan fingerprint density at radius 1 is 1.00 bits per heavy atom. The molecule has 8 nitrogen and oxygen atoms in total. The normalized spacial score (nSPS) is 10.3. The number of nitrogens with one attached hydrogen (secondary N) is 4. The molecule has 10 heteroatoms. The number of aromatic nitrogens is 3. The molecule has 0 unspecified atom stereocenters. The van der Waals surface area contributed by atoms with Crippen molar-refractivity contribution in [2.75, 3.05) is 29.0 Å². The van der Waals surface area contributed by atoms with Gasteiger partial charge in [-0.05, 0) is 31.2 Å². The quantitative estimate of drug-likeness (QED) is 0.454. The van der Waals surface area contributed by atoms with Crippen molar-refractivity contribution in [3.8, 4) is 0 Å². The standard InChI is InChI=1S/C19H19F2N7O/c1-12-25-17(11-18(26-12)28-16-4-2-3-7-22-16)23-8-9-24-19(29)27-15-10-13(20)5-6-14(15)21/h2-7,10-11H,8-9H2,1H3,(H2,24,27,29)(H2,22,23,25,26,28). The lowest BCUT2D eigenvalue weighted by atomic mass is 10.3. The zero-order valence-corrected chi connectivity index (χ0v) is 15.5. The molecule has 3 aromatic rings. The van der Waals surface area contributed by atoms with Crippen LogP contribution in [0.15, 0.2) is 48.7 Å². The lowest BCUT2D eigenvalue weighted by Gasteiger charge is -2.11. The van der Waals surface area contributed by atoms with E-state index >= 15 is 0 Å². The van der Waals surface area contributed by atoms with E-state index < -0.39 is 17.7 Å². The van der Waals surface area contributed by atoms with Crippen LogP contribution >= 0.6 is 0 Å². The predicted octanol–water partition coefficient (Wildman–Crippen LogP) is 3.44. The number of halogens is 2. The van der Waals surface area contributed by atoms with E-state index in [1.807, 2.05) is 18.2 Å². The summed E-state index contributed by atoms with van der Waals surface area (Å²) in [5.41, 5.74) is -0.230. The molecule has 0 spiro atoms. The van der Waals surface area contributed by atoms with Crippen molar-refractivity contribution < 1.29 is 13.6 Å². The maximum atomic E-state index is 13.5. The van der Waals surface area contributed by atoms with Crippen LogP contribution in [-0.4, -0.2) is 34.1 Å². The van der Waals surface area contributed by atoms with E-state index in [1.165, 1.54) is 0 Å². The first kappa shape index (κ1) is 19.9. The van der Waals surface area contributed by atoms with Gasteiger partial charge in [0, 0.05) is 31.4 Å². The average molecular weight is 399 g/mol. The van der Waals surface area contributed by atoms with E-state index in [-0.39, 0.29) is 12.2 Å². The van der Waals surface area contributed by atoms with Gasteiger partial charge in [0.1, 0.15) is 34.9 Å². The molecule has 0 aliphatic rings. The molecule has 2 heterocycles. The number of amides is 2. The minimum absolute atomic E-state index is 0.230. The average Bonchev–Trinajstić information content (AvgIpc) is 2.68. The van der Waals surface area contributed by atoms with E-state index in [4.69, 9.17) is 0 Å². The third-order valence-electron chi connectivity index (χ3n) is 3.65. The Balaban J connectivity index is 1.49. The number of urea groups is 1. The minimum atomic E-state index is -0.718. The largest absolute Gasteiger partial charge is 0.368 e. The van der Waals surface area contributed by atoms with Crippen LogP contribution in [0.5, 0.6) is 0 Å². The van der Waals surface area contributed by atoms with Gasteiger partial charge in [0.05, 0.1) is 5.69 Å². The van der Waals surface area contributed by atoms with Crippen molar-refractivity contribution in [1.82, 2.24) is 20.3 Å². The summed E-state index contributed by atoms with van der Waals surface area (Å²) in [6, 6.07) is 9.38. The van der Waals surface area contributed by atoms with E-state index in [2.05, 4.69) is 36.2 Å². The second-order valence-electron chi connectivity index (χ2n) is 5.96. The number of aryl methyl sites for hydroxylation is 1. The van der Waals surface area contributed by atoms with Crippen LogP contribution in [0.25, 0.3) is 0 Å². The Hall–Kier alpha value is -3.82. The van der Waals surface area contributed by atoms with Gasteiger partial charge in [-0.3, -0.25) is 0 Å². The summed E-state index contributed by atoms with van der Waals surface area (Å²) in [7, 11) is 0. The molecule has 0 aliphatic carbocycles. The highest BCUT2D eigenvalue weighted by Gasteiger charge is 2.08. The number of rotatable bonds is 7. The van der Waals surface area contributed by atoms with Crippen molar-refractivity contribution >= 4 is 29.2 Å². The molecule has 1 aromatic carbocycles. The number of anilines is 4. The number of hydrogen-bond acceptors (Lipinski definition) is 6. The number of carbonyl (C=O) groups is 1. The number of hydrogen-bond donors (Lipinski definition) is 4. The fraction of sp³-hybridized carbons (Fsp3) is 0.158. The van der Waals surface area contributed by atoms with Crippen LogP contribution in [0.1, 0.15) is 5.82 Å². The van der Waals surface area contributed by atoms with Gasteiger partial charge < -0.3 is 21.3 Å². The molecule has 0 fully saturated rings. The molecule has 150 valence electrons. The highest BCUT2D eigenvalue weighted by molar-refractivity contribution is 5.89. The molecular formula is C19H19F2N7O. The van der Waals surface area contributed by atoms with Crippen molar-refractivity contribution in [2.45, 2.75) is 6.92 Å². The predicted molar refractivity (Wildman–Crippen MR) is 106 cm³/mol. The Labute approximate surface area is 165 Å². The highest BCUT2D eigenvalue weighted by Crippen LogP contribution is 2.16. The van der Waals surface area contributed by atoms with Crippen LogP contribution < -0.4 is 21.3 Å². The molecule has 0 radical (unpaired) electrons. The fourth-order valence-electron chi connectivity index (χ4n) is 2.42. The smallest absolute Gasteiger partial charge is 0.319 e. The summed E-state index contributed by atoms with van der Waals surface area (Å²) in [5, 5.41) is 11.0. The Bertz CT molecular complexity index is 986. The van der Waals surface area contributed by atoms with Crippen LogP contribution in [0.4, 0.5) is 36.7 Å². The van der Waals surface area contributed by atoms with E-state index in [1.54, 1.807) is 19.2 Å². The van der Waals surface area contributed by atoms with Gasteiger partial charge in [-0.25, -0.2) is 28.5 Å². The number of benzene rings is 1. The fourth-order valence-corrected chi connectivity index (χ4v) is 2.42. The summed E-state index contributed by atoms with van der Waals surface area (Å²) in [6.45, 7) is 2.35. The molecule has 0 aliphatic heterocycles. The van der Waals surface area contributed by atoms with Crippen LogP contribution in [0, 0.1) is 18.6 Å². The molecule has 3 rings (SSSR count). The maximum Gasteiger partial charge on any atom is 0.319 e. The van der Waals surface area contributed by atoms with Crippen molar-refractivity contribution in [2.24, 2.45) is 0 Å². The van der Waals surface area contributed by atoms with Gasteiger partial charge in [-0.1, -0.05) is 6.07 Å². The number of nitrogens with zero attached hydrogens (tertiary/aromatic N) is 3. The molecule has 29 heavy (non-hydrogen) atoms. The second kappa shape index (κ2) is 9.40. The SMILES string of the molecule is Cc1nc(NCCNC(=O)Nc2cc(F)ccc2F)cc(Nc2ccccn2)n1.